The lowest BCUT2D eigenvalue weighted by Gasteiger charge is -2.06. The molecule has 102 valence electrons. The van der Waals surface area contributed by atoms with Gasteiger partial charge in [0.15, 0.2) is 16.5 Å². The maximum Gasteiger partial charge on any atom is 0.305 e. The molecule has 8 heteroatoms. The molecule has 2 heterocycles. The van der Waals surface area contributed by atoms with E-state index in [4.69, 9.17) is 15.4 Å². The number of aromatic nitrogens is 1. The standard InChI is InChI=1S/C12H11N5O2S/c1-2-5-15-12-17(10(14)9(7-13)20-12)16-11(18)8-4-3-6-19-8/h2-4,6H,1,5,14H2,(H,16,18). The van der Waals surface area contributed by atoms with Crippen LogP contribution in [0.4, 0.5) is 5.82 Å². The molecule has 2 aromatic rings. The Hall–Kier alpha value is -2.79. The lowest BCUT2D eigenvalue weighted by atomic mass is 10.4. The zero-order chi connectivity index (χ0) is 14.5. The van der Waals surface area contributed by atoms with Crippen molar-refractivity contribution in [1.82, 2.24) is 4.68 Å². The molecule has 0 unspecified atom stereocenters. The second-order valence-corrected chi connectivity index (χ2v) is 4.57. The van der Waals surface area contributed by atoms with Crippen LogP contribution >= 0.6 is 11.3 Å². The predicted molar refractivity (Wildman–Crippen MR) is 74.5 cm³/mol. The Morgan fingerprint density at radius 1 is 1.75 bits per heavy atom. The van der Waals surface area contributed by atoms with Gasteiger partial charge in [-0.3, -0.25) is 15.2 Å². The van der Waals surface area contributed by atoms with Crippen molar-refractivity contribution in [3.8, 4) is 6.07 Å². The van der Waals surface area contributed by atoms with Gasteiger partial charge in [0.05, 0.1) is 12.8 Å². The molecule has 0 aliphatic rings. The highest BCUT2D eigenvalue weighted by Crippen LogP contribution is 2.12. The topological polar surface area (TPSA) is 109 Å². The van der Waals surface area contributed by atoms with Crippen molar-refractivity contribution >= 4 is 23.1 Å². The first-order chi connectivity index (χ1) is 9.67. The number of furan rings is 1. The summed E-state index contributed by atoms with van der Waals surface area (Å²) in [6, 6.07) is 5.07. The fourth-order valence-corrected chi connectivity index (χ4v) is 2.19. The van der Waals surface area contributed by atoms with Gasteiger partial charge >= 0.3 is 5.91 Å². The van der Waals surface area contributed by atoms with Gasteiger partial charge in [-0.05, 0) is 12.1 Å². The van der Waals surface area contributed by atoms with E-state index in [-0.39, 0.29) is 16.5 Å². The van der Waals surface area contributed by atoms with Crippen molar-refractivity contribution in [2.45, 2.75) is 0 Å². The molecule has 0 saturated carbocycles. The van der Waals surface area contributed by atoms with E-state index < -0.39 is 5.91 Å². The Morgan fingerprint density at radius 2 is 2.55 bits per heavy atom. The van der Waals surface area contributed by atoms with Crippen LogP contribution in [0, 0.1) is 11.3 Å². The predicted octanol–water partition coefficient (Wildman–Crippen LogP) is 1.07. The molecule has 2 rings (SSSR count). The van der Waals surface area contributed by atoms with Crippen molar-refractivity contribution in [2.75, 3.05) is 17.7 Å². The van der Waals surface area contributed by atoms with Crippen LogP contribution in [0.3, 0.4) is 0 Å². The Bertz CT molecular complexity index is 733. The molecule has 0 radical (unpaired) electrons. The summed E-state index contributed by atoms with van der Waals surface area (Å²) in [5.41, 5.74) is 8.34. The second kappa shape index (κ2) is 5.90. The van der Waals surface area contributed by atoms with E-state index in [9.17, 15) is 4.79 Å². The smallest absolute Gasteiger partial charge is 0.305 e. The number of rotatable bonds is 4. The molecule has 1 amide bonds. The van der Waals surface area contributed by atoms with Crippen LogP contribution in [-0.2, 0) is 0 Å². The molecule has 0 aliphatic heterocycles. The van der Waals surface area contributed by atoms with Gasteiger partial charge in [0, 0.05) is 0 Å². The van der Waals surface area contributed by atoms with Gasteiger partial charge in [0.1, 0.15) is 6.07 Å². The van der Waals surface area contributed by atoms with Crippen LogP contribution < -0.4 is 16.0 Å². The molecular formula is C12H11N5O2S. The highest BCUT2D eigenvalue weighted by molar-refractivity contribution is 7.10. The minimum atomic E-state index is -0.482. The summed E-state index contributed by atoms with van der Waals surface area (Å²) in [5, 5.41) is 8.97. The highest BCUT2D eigenvalue weighted by atomic mass is 32.1. The molecule has 0 bridgehead atoms. The van der Waals surface area contributed by atoms with E-state index in [1.165, 1.54) is 17.0 Å². The Balaban J connectivity index is 2.40. The quantitative estimate of drug-likeness (QED) is 0.820. The third-order valence-electron chi connectivity index (χ3n) is 2.27. The molecule has 7 nitrogen and oxygen atoms in total. The molecule has 0 saturated heterocycles. The first-order valence-corrected chi connectivity index (χ1v) is 6.36. The monoisotopic (exact) mass is 289 g/mol. The zero-order valence-corrected chi connectivity index (χ0v) is 11.2. The number of anilines is 1. The van der Waals surface area contributed by atoms with Gasteiger partial charge in [0.25, 0.3) is 0 Å². The van der Waals surface area contributed by atoms with E-state index in [0.717, 1.165) is 11.3 Å². The maximum atomic E-state index is 11.9. The zero-order valence-electron chi connectivity index (χ0n) is 10.4. The van der Waals surface area contributed by atoms with E-state index >= 15 is 0 Å². The normalized spacial score (nSPS) is 11.1. The molecule has 0 fully saturated rings. The molecular weight excluding hydrogens is 278 g/mol. The SMILES string of the molecule is C=CCN=c1sc(C#N)c(N)n1NC(=O)c1ccco1. The van der Waals surface area contributed by atoms with E-state index in [1.807, 2.05) is 6.07 Å². The number of hydrogen-bond donors (Lipinski definition) is 2. The molecule has 3 N–H and O–H groups in total. The van der Waals surface area contributed by atoms with Crippen molar-refractivity contribution in [3.05, 3.63) is 46.5 Å². The number of thiazole rings is 1. The number of amides is 1. The van der Waals surface area contributed by atoms with Gasteiger partial charge in [-0.25, -0.2) is 4.68 Å². The van der Waals surface area contributed by atoms with Crippen LogP contribution in [-0.4, -0.2) is 17.1 Å². The fraction of sp³-hybridized carbons (Fsp3) is 0.0833. The summed E-state index contributed by atoms with van der Waals surface area (Å²) in [6.45, 7) is 3.91. The lowest BCUT2D eigenvalue weighted by Crippen LogP contribution is -2.31. The minimum absolute atomic E-state index is 0.125. The molecule has 0 atom stereocenters. The molecule has 0 aliphatic carbocycles. The number of nitrogens with one attached hydrogen (secondary N) is 1. The van der Waals surface area contributed by atoms with Gasteiger partial charge in [-0.15, -0.1) is 6.58 Å². The van der Waals surface area contributed by atoms with E-state index in [2.05, 4.69) is 17.0 Å². The number of nitrogens with zero attached hydrogens (tertiary/aromatic N) is 3. The number of carbonyl (C=O) groups is 1. The van der Waals surface area contributed by atoms with E-state index in [1.54, 1.807) is 12.1 Å². The minimum Gasteiger partial charge on any atom is -0.459 e. The Morgan fingerprint density at radius 3 is 3.15 bits per heavy atom. The third kappa shape index (κ3) is 2.62. The Labute approximate surface area is 118 Å². The summed E-state index contributed by atoms with van der Waals surface area (Å²) in [4.78, 5) is 16.8. The number of nitrogen functional groups attached to an aromatic ring is 1. The van der Waals surface area contributed by atoms with Gasteiger partial charge in [-0.2, -0.15) is 5.26 Å². The number of carbonyl (C=O) groups excluding carboxylic acids is 1. The molecule has 2 aromatic heterocycles. The average molecular weight is 289 g/mol. The fourth-order valence-electron chi connectivity index (χ4n) is 1.39. The summed E-state index contributed by atoms with van der Waals surface area (Å²) in [6.07, 6.45) is 2.99. The summed E-state index contributed by atoms with van der Waals surface area (Å²) in [7, 11) is 0. The molecule has 20 heavy (non-hydrogen) atoms. The summed E-state index contributed by atoms with van der Waals surface area (Å²) >= 11 is 1.08. The first kappa shape index (κ1) is 13.6. The maximum absolute atomic E-state index is 11.9. The first-order valence-electron chi connectivity index (χ1n) is 5.55. The van der Waals surface area contributed by atoms with Crippen LogP contribution in [0.1, 0.15) is 15.4 Å². The lowest BCUT2D eigenvalue weighted by molar-refractivity contribution is 0.0981. The highest BCUT2D eigenvalue weighted by Gasteiger charge is 2.15. The summed E-state index contributed by atoms with van der Waals surface area (Å²) < 4.78 is 6.25. The average Bonchev–Trinajstić information content (AvgIpc) is 3.07. The number of nitriles is 1. The van der Waals surface area contributed by atoms with Crippen LogP contribution in [0.15, 0.2) is 40.5 Å². The molecule has 0 spiro atoms. The van der Waals surface area contributed by atoms with Gasteiger partial charge in [0.2, 0.25) is 4.80 Å². The van der Waals surface area contributed by atoms with Crippen molar-refractivity contribution < 1.29 is 9.21 Å². The molecule has 0 aromatic carbocycles. The largest absolute Gasteiger partial charge is 0.459 e. The van der Waals surface area contributed by atoms with Gasteiger partial charge < -0.3 is 10.2 Å². The van der Waals surface area contributed by atoms with Crippen LogP contribution in [0.2, 0.25) is 0 Å². The van der Waals surface area contributed by atoms with E-state index in [0.29, 0.717) is 11.3 Å². The van der Waals surface area contributed by atoms with Crippen LogP contribution in [0.25, 0.3) is 0 Å². The Kier molecular flexibility index (Phi) is 4.02. The number of hydrogen-bond acceptors (Lipinski definition) is 6. The van der Waals surface area contributed by atoms with Crippen LogP contribution in [0.5, 0.6) is 0 Å². The van der Waals surface area contributed by atoms with Crippen molar-refractivity contribution in [2.24, 2.45) is 4.99 Å². The third-order valence-corrected chi connectivity index (χ3v) is 3.27. The summed E-state index contributed by atoms with van der Waals surface area (Å²) in [5.74, 6) is -0.222. The number of nitrogens with two attached hydrogens (primary N) is 1. The van der Waals surface area contributed by atoms with Crippen molar-refractivity contribution in [1.29, 1.82) is 5.26 Å². The second-order valence-electron chi connectivity index (χ2n) is 3.59. The van der Waals surface area contributed by atoms with Crippen molar-refractivity contribution in [3.63, 3.8) is 0 Å². The van der Waals surface area contributed by atoms with Gasteiger partial charge in [-0.1, -0.05) is 17.4 Å².